The Bertz CT molecular complexity index is 348. The molecular weight excluding hydrogens is 214 g/mol. The maximum atomic E-state index is 5.36. The normalized spacial score (nSPS) is 21.0. The zero-order valence-electron chi connectivity index (χ0n) is 11.0. The first-order chi connectivity index (χ1) is 8.07. The third-order valence-corrected chi connectivity index (χ3v) is 3.24. The molecule has 17 heavy (non-hydrogen) atoms. The second kappa shape index (κ2) is 5.19. The summed E-state index contributed by atoms with van der Waals surface area (Å²) in [5, 5.41) is 10.8. The summed E-state index contributed by atoms with van der Waals surface area (Å²) < 4.78 is 5.36. The van der Waals surface area contributed by atoms with Crippen molar-refractivity contribution in [2.24, 2.45) is 5.92 Å². The summed E-state index contributed by atoms with van der Waals surface area (Å²) in [5.41, 5.74) is 2.63. The Labute approximate surface area is 103 Å². The number of aromatic nitrogens is 2. The summed E-state index contributed by atoms with van der Waals surface area (Å²) >= 11 is 0. The van der Waals surface area contributed by atoms with Crippen molar-refractivity contribution in [3.63, 3.8) is 0 Å². The summed E-state index contributed by atoms with van der Waals surface area (Å²) in [6.07, 6.45) is 3.11. The van der Waals surface area contributed by atoms with Gasteiger partial charge in [-0.2, -0.15) is 5.10 Å². The minimum absolute atomic E-state index is 0.129. The molecule has 1 aliphatic heterocycles. The van der Waals surface area contributed by atoms with Gasteiger partial charge in [0.15, 0.2) is 0 Å². The van der Waals surface area contributed by atoms with Gasteiger partial charge in [0.2, 0.25) is 0 Å². The smallest absolute Gasteiger partial charge is 0.0535 e. The molecule has 1 atom stereocenters. The van der Waals surface area contributed by atoms with Crippen LogP contribution in [0.25, 0.3) is 0 Å². The van der Waals surface area contributed by atoms with Gasteiger partial charge in [-0.25, -0.2) is 0 Å². The third-order valence-electron chi connectivity index (χ3n) is 3.24. The van der Waals surface area contributed by atoms with Crippen LogP contribution in [0.2, 0.25) is 0 Å². The molecule has 0 spiro atoms. The van der Waals surface area contributed by atoms with E-state index in [1.165, 1.54) is 17.7 Å². The van der Waals surface area contributed by atoms with Crippen LogP contribution in [-0.4, -0.2) is 30.0 Å². The molecule has 1 saturated heterocycles. The quantitative estimate of drug-likeness (QED) is 0.840. The predicted molar refractivity (Wildman–Crippen MR) is 67.9 cm³/mol. The molecule has 1 aromatic rings. The van der Waals surface area contributed by atoms with Gasteiger partial charge in [0, 0.05) is 36.4 Å². The van der Waals surface area contributed by atoms with Gasteiger partial charge in [0.25, 0.3) is 0 Å². The summed E-state index contributed by atoms with van der Waals surface area (Å²) in [6, 6.07) is 0. The van der Waals surface area contributed by atoms with Crippen molar-refractivity contribution in [3.8, 4) is 0 Å². The minimum atomic E-state index is 0.129. The van der Waals surface area contributed by atoms with Crippen molar-refractivity contribution < 1.29 is 4.74 Å². The highest BCUT2D eigenvalue weighted by Crippen LogP contribution is 2.23. The van der Waals surface area contributed by atoms with Crippen molar-refractivity contribution in [2.45, 2.75) is 39.2 Å². The molecule has 1 fully saturated rings. The zero-order valence-corrected chi connectivity index (χ0v) is 11.0. The Balaban J connectivity index is 1.84. The third kappa shape index (κ3) is 3.30. The van der Waals surface area contributed by atoms with Gasteiger partial charge in [0.1, 0.15) is 0 Å². The average Bonchev–Trinajstić information content (AvgIpc) is 2.86. The highest BCUT2D eigenvalue weighted by molar-refractivity contribution is 5.23. The van der Waals surface area contributed by atoms with Crippen molar-refractivity contribution >= 4 is 0 Å². The van der Waals surface area contributed by atoms with Gasteiger partial charge < -0.3 is 10.1 Å². The second-order valence-corrected chi connectivity index (χ2v) is 5.88. The number of hydrogen-bond acceptors (Lipinski definition) is 3. The molecule has 2 rings (SSSR count). The molecule has 0 bridgehead atoms. The van der Waals surface area contributed by atoms with E-state index in [0.717, 1.165) is 26.3 Å². The Morgan fingerprint density at radius 2 is 2.35 bits per heavy atom. The van der Waals surface area contributed by atoms with Crippen molar-refractivity contribution in [1.29, 1.82) is 0 Å². The molecule has 0 aromatic carbocycles. The lowest BCUT2D eigenvalue weighted by Gasteiger charge is -2.19. The molecule has 0 radical (unpaired) electrons. The first-order valence-electron chi connectivity index (χ1n) is 6.38. The summed E-state index contributed by atoms with van der Waals surface area (Å²) in [4.78, 5) is 0. The highest BCUT2D eigenvalue weighted by atomic mass is 16.5. The maximum absolute atomic E-state index is 5.36. The molecule has 0 aliphatic carbocycles. The number of nitrogens with one attached hydrogen (secondary N) is 2. The van der Waals surface area contributed by atoms with E-state index in [1.54, 1.807) is 0 Å². The second-order valence-electron chi connectivity index (χ2n) is 5.88. The number of ether oxygens (including phenoxy) is 1. The summed E-state index contributed by atoms with van der Waals surface area (Å²) in [5.74, 6) is 0.681. The van der Waals surface area contributed by atoms with Crippen molar-refractivity contribution in [3.05, 3.63) is 17.5 Å². The zero-order chi connectivity index (χ0) is 12.3. The van der Waals surface area contributed by atoms with Crippen molar-refractivity contribution in [2.75, 3.05) is 19.8 Å². The molecular formula is C13H23N3O. The van der Waals surface area contributed by atoms with E-state index in [4.69, 9.17) is 4.74 Å². The first-order valence-corrected chi connectivity index (χ1v) is 6.38. The van der Waals surface area contributed by atoms with E-state index in [2.05, 4.69) is 36.3 Å². The van der Waals surface area contributed by atoms with Gasteiger partial charge in [-0.15, -0.1) is 0 Å². The van der Waals surface area contributed by atoms with Gasteiger partial charge >= 0.3 is 0 Å². The molecule has 4 heteroatoms. The lowest BCUT2D eigenvalue weighted by atomic mass is 9.89. The number of hydrogen-bond donors (Lipinski definition) is 2. The molecule has 2 N–H and O–H groups in total. The molecule has 0 amide bonds. The Hall–Kier alpha value is -0.870. The fourth-order valence-electron chi connectivity index (χ4n) is 2.25. The van der Waals surface area contributed by atoms with Crippen LogP contribution in [0.1, 0.15) is 38.4 Å². The van der Waals surface area contributed by atoms with Crippen LogP contribution in [0.15, 0.2) is 6.20 Å². The number of nitrogens with zero attached hydrogens (tertiary/aromatic N) is 1. The number of aromatic amines is 1. The minimum Gasteiger partial charge on any atom is -0.381 e. The molecule has 4 nitrogen and oxygen atoms in total. The summed E-state index contributed by atoms with van der Waals surface area (Å²) in [6.45, 7) is 10.4. The van der Waals surface area contributed by atoms with E-state index in [1.807, 2.05) is 6.20 Å². The van der Waals surface area contributed by atoms with E-state index >= 15 is 0 Å². The highest BCUT2D eigenvalue weighted by Gasteiger charge is 2.20. The standard InChI is InChI=1S/C13H23N3O/c1-13(2,3)12-11(8-15-16-12)7-14-6-10-4-5-17-9-10/h8,10,14H,4-7,9H2,1-3H3,(H,15,16). The van der Waals surface area contributed by atoms with E-state index in [-0.39, 0.29) is 5.41 Å². The van der Waals surface area contributed by atoms with Crippen LogP contribution in [0, 0.1) is 5.92 Å². The molecule has 1 aliphatic rings. The van der Waals surface area contributed by atoms with Crippen LogP contribution < -0.4 is 5.32 Å². The van der Waals surface area contributed by atoms with Crippen LogP contribution >= 0.6 is 0 Å². The number of H-pyrrole nitrogens is 1. The van der Waals surface area contributed by atoms with Crippen LogP contribution in [0.3, 0.4) is 0 Å². The van der Waals surface area contributed by atoms with Gasteiger partial charge in [-0.3, -0.25) is 5.10 Å². The Morgan fingerprint density at radius 3 is 3.00 bits per heavy atom. The molecule has 1 unspecified atom stereocenters. The van der Waals surface area contributed by atoms with Gasteiger partial charge in [-0.1, -0.05) is 20.8 Å². The molecule has 96 valence electrons. The van der Waals surface area contributed by atoms with Gasteiger partial charge in [-0.05, 0) is 12.3 Å². The number of rotatable bonds is 4. The molecule has 0 saturated carbocycles. The van der Waals surface area contributed by atoms with Crippen LogP contribution in [0.4, 0.5) is 0 Å². The van der Waals surface area contributed by atoms with Crippen LogP contribution in [-0.2, 0) is 16.7 Å². The topological polar surface area (TPSA) is 49.9 Å². The largest absolute Gasteiger partial charge is 0.381 e. The van der Waals surface area contributed by atoms with E-state index in [9.17, 15) is 0 Å². The van der Waals surface area contributed by atoms with E-state index in [0.29, 0.717) is 5.92 Å². The van der Waals surface area contributed by atoms with Crippen LogP contribution in [0.5, 0.6) is 0 Å². The average molecular weight is 237 g/mol. The predicted octanol–water partition coefficient (Wildman–Crippen LogP) is 1.83. The SMILES string of the molecule is CC(C)(C)c1[nH]ncc1CNCC1CCOC1. The monoisotopic (exact) mass is 237 g/mol. The Morgan fingerprint density at radius 1 is 1.53 bits per heavy atom. The molecule has 2 heterocycles. The van der Waals surface area contributed by atoms with Gasteiger partial charge in [0.05, 0.1) is 12.8 Å². The maximum Gasteiger partial charge on any atom is 0.0535 e. The van der Waals surface area contributed by atoms with E-state index < -0.39 is 0 Å². The first kappa shape index (κ1) is 12.6. The lowest BCUT2D eigenvalue weighted by Crippen LogP contribution is -2.24. The summed E-state index contributed by atoms with van der Waals surface area (Å²) in [7, 11) is 0. The van der Waals surface area contributed by atoms with Crippen molar-refractivity contribution in [1.82, 2.24) is 15.5 Å². The Kier molecular flexibility index (Phi) is 3.84. The fraction of sp³-hybridized carbons (Fsp3) is 0.769. The lowest BCUT2D eigenvalue weighted by molar-refractivity contribution is 0.185. The molecule has 1 aromatic heterocycles. The fourth-order valence-corrected chi connectivity index (χ4v) is 2.25.